The van der Waals surface area contributed by atoms with E-state index in [4.69, 9.17) is 0 Å². The van der Waals surface area contributed by atoms with Gasteiger partial charge in [0.1, 0.15) is 0 Å². The molecule has 0 bridgehead atoms. The number of carboxylic acids is 1. The lowest BCUT2D eigenvalue weighted by atomic mass is 9.83. The average Bonchev–Trinajstić information content (AvgIpc) is 2.82. The van der Waals surface area contributed by atoms with Crippen molar-refractivity contribution in [3.63, 3.8) is 0 Å². The van der Waals surface area contributed by atoms with Crippen molar-refractivity contribution in [1.29, 1.82) is 0 Å². The minimum Gasteiger partial charge on any atom is -0.481 e. The van der Waals surface area contributed by atoms with Crippen LogP contribution in [0, 0.1) is 0 Å². The summed E-state index contributed by atoms with van der Waals surface area (Å²) in [6.45, 7) is 0. The molecule has 2 heteroatoms. The Morgan fingerprint density at radius 1 is 1.11 bits per heavy atom. The number of benzene rings is 1. The van der Waals surface area contributed by atoms with Crippen LogP contribution >= 0.6 is 0 Å². The normalized spacial score (nSPS) is 23.9. The topological polar surface area (TPSA) is 37.3 Å². The van der Waals surface area contributed by atoms with E-state index in [1.54, 1.807) is 0 Å². The summed E-state index contributed by atoms with van der Waals surface area (Å²) in [6, 6.07) is 6.54. The van der Waals surface area contributed by atoms with Crippen LogP contribution < -0.4 is 0 Å². The number of fused-ring (bicyclic) bond motifs is 1. The van der Waals surface area contributed by atoms with Gasteiger partial charge in [0, 0.05) is 0 Å². The van der Waals surface area contributed by atoms with Gasteiger partial charge in [-0.3, -0.25) is 4.79 Å². The molecule has 2 nitrogen and oxygen atoms in total. The van der Waals surface area contributed by atoms with Gasteiger partial charge in [0.15, 0.2) is 0 Å². The van der Waals surface area contributed by atoms with Crippen LogP contribution in [-0.2, 0) is 11.2 Å². The van der Waals surface area contributed by atoms with Gasteiger partial charge in [-0.15, -0.1) is 0 Å². The van der Waals surface area contributed by atoms with Gasteiger partial charge in [-0.05, 0) is 48.3 Å². The second kappa shape index (κ2) is 4.75. The first-order chi connectivity index (χ1) is 8.75. The molecule has 0 radical (unpaired) electrons. The van der Waals surface area contributed by atoms with Crippen molar-refractivity contribution in [2.45, 2.75) is 56.8 Å². The number of hydrogen-bond acceptors (Lipinski definition) is 1. The molecule has 1 aromatic rings. The Hall–Kier alpha value is -1.31. The number of rotatable bonds is 2. The number of carbonyl (C=O) groups is 1. The summed E-state index contributed by atoms with van der Waals surface area (Å²) in [7, 11) is 0. The van der Waals surface area contributed by atoms with Gasteiger partial charge in [0.05, 0.1) is 5.92 Å². The second-order valence-electron chi connectivity index (χ2n) is 5.72. The minimum atomic E-state index is -0.667. The molecule has 0 heterocycles. The van der Waals surface area contributed by atoms with Crippen molar-refractivity contribution < 1.29 is 9.90 Å². The fraction of sp³-hybridized carbons (Fsp3) is 0.562. The molecule has 2 aliphatic rings. The van der Waals surface area contributed by atoms with E-state index in [1.807, 2.05) is 0 Å². The second-order valence-corrected chi connectivity index (χ2v) is 5.72. The van der Waals surface area contributed by atoms with Gasteiger partial charge >= 0.3 is 5.97 Å². The molecule has 0 aliphatic heterocycles. The van der Waals surface area contributed by atoms with Gasteiger partial charge in [-0.25, -0.2) is 0 Å². The maximum atomic E-state index is 11.2. The van der Waals surface area contributed by atoms with E-state index in [1.165, 1.54) is 43.2 Å². The smallest absolute Gasteiger partial charge is 0.310 e. The number of carboxylic acid groups (broad SMARTS) is 1. The largest absolute Gasteiger partial charge is 0.481 e. The van der Waals surface area contributed by atoms with Gasteiger partial charge in [-0.2, -0.15) is 0 Å². The molecule has 18 heavy (non-hydrogen) atoms. The van der Waals surface area contributed by atoms with Gasteiger partial charge in [0.2, 0.25) is 0 Å². The molecular formula is C16H20O2. The summed E-state index contributed by atoms with van der Waals surface area (Å²) in [6.07, 6.45) is 8.40. The van der Waals surface area contributed by atoms with Crippen molar-refractivity contribution in [2.75, 3.05) is 0 Å². The molecule has 1 N–H and O–H groups in total. The lowest BCUT2D eigenvalue weighted by molar-refractivity contribution is -0.138. The zero-order valence-electron chi connectivity index (χ0n) is 10.7. The standard InChI is InChI=1S/C16H20O2/c17-16(18)15-9-7-13-10-12(6-8-14(13)15)11-4-2-1-3-5-11/h6,8,10-11,15H,1-5,7,9H2,(H,17,18)/t15-/m0/s1. The van der Waals surface area contributed by atoms with Gasteiger partial charge < -0.3 is 5.11 Å². The molecule has 1 atom stereocenters. The van der Waals surface area contributed by atoms with E-state index in [0.717, 1.165) is 18.4 Å². The molecule has 1 fully saturated rings. The monoisotopic (exact) mass is 244 g/mol. The van der Waals surface area contributed by atoms with Crippen LogP contribution in [0.15, 0.2) is 18.2 Å². The van der Waals surface area contributed by atoms with Crippen LogP contribution in [0.1, 0.15) is 67.1 Å². The molecule has 1 saturated carbocycles. The predicted octanol–water partition coefficient (Wildman–Crippen LogP) is 3.85. The summed E-state index contributed by atoms with van der Waals surface area (Å²) >= 11 is 0. The van der Waals surface area contributed by atoms with Gasteiger partial charge in [-0.1, -0.05) is 37.5 Å². The molecule has 1 aromatic carbocycles. The number of hydrogen-bond donors (Lipinski definition) is 1. The quantitative estimate of drug-likeness (QED) is 0.858. The minimum absolute atomic E-state index is 0.264. The number of aliphatic carboxylic acids is 1. The molecule has 96 valence electrons. The SMILES string of the molecule is O=C(O)[C@H]1CCc2cc(C3CCCCC3)ccc21. The Bertz CT molecular complexity index is 458. The number of aryl methyl sites for hydroxylation is 1. The van der Waals surface area contributed by atoms with Crippen LogP contribution in [0.25, 0.3) is 0 Å². The third-order valence-corrected chi connectivity index (χ3v) is 4.62. The zero-order chi connectivity index (χ0) is 12.5. The third kappa shape index (κ3) is 2.05. The summed E-state index contributed by atoms with van der Waals surface area (Å²) in [5.41, 5.74) is 3.78. The highest BCUT2D eigenvalue weighted by Crippen LogP contribution is 2.38. The Morgan fingerprint density at radius 2 is 1.89 bits per heavy atom. The van der Waals surface area contributed by atoms with E-state index in [0.29, 0.717) is 5.92 Å². The van der Waals surface area contributed by atoms with E-state index < -0.39 is 5.97 Å². The third-order valence-electron chi connectivity index (χ3n) is 4.62. The average molecular weight is 244 g/mol. The Morgan fingerprint density at radius 3 is 2.61 bits per heavy atom. The predicted molar refractivity (Wildman–Crippen MR) is 71.0 cm³/mol. The molecule has 0 spiro atoms. The highest BCUT2D eigenvalue weighted by Gasteiger charge is 2.29. The van der Waals surface area contributed by atoms with Crippen molar-refractivity contribution in [3.8, 4) is 0 Å². The lowest BCUT2D eigenvalue weighted by Gasteiger charge is -2.22. The fourth-order valence-electron chi connectivity index (χ4n) is 3.58. The zero-order valence-corrected chi connectivity index (χ0v) is 10.7. The van der Waals surface area contributed by atoms with Crippen LogP contribution in [0.3, 0.4) is 0 Å². The van der Waals surface area contributed by atoms with Crippen LogP contribution in [0.4, 0.5) is 0 Å². The molecule has 0 amide bonds. The van der Waals surface area contributed by atoms with Crippen molar-refractivity contribution in [3.05, 3.63) is 34.9 Å². The molecule has 3 rings (SSSR count). The molecule has 0 unspecified atom stereocenters. The maximum absolute atomic E-state index is 11.2. The molecule has 2 aliphatic carbocycles. The highest BCUT2D eigenvalue weighted by molar-refractivity contribution is 5.77. The first-order valence-electron chi connectivity index (χ1n) is 7.11. The summed E-state index contributed by atoms with van der Waals surface area (Å²) in [5, 5.41) is 9.18. The Kier molecular flexibility index (Phi) is 3.11. The Balaban J connectivity index is 1.86. The van der Waals surface area contributed by atoms with E-state index in [2.05, 4.69) is 18.2 Å². The van der Waals surface area contributed by atoms with E-state index in [-0.39, 0.29) is 5.92 Å². The van der Waals surface area contributed by atoms with Gasteiger partial charge in [0.25, 0.3) is 0 Å². The summed E-state index contributed by atoms with van der Waals surface area (Å²) in [4.78, 5) is 11.2. The maximum Gasteiger partial charge on any atom is 0.310 e. The van der Waals surface area contributed by atoms with E-state index in [9.17, 15) is 9.90 Å². The summed E-state index contributed by atoms with van der Waals surface area (Å²) < 4.78 is 0. The molecule has 0 aromatic heterocycles. The van der Waals surface area contributed by atoms with Crippen molar-refractivity contribution in [1.82, 2.24) is 0 Å². The van der Waals surface area contributed by atoms with Crippen LogP contribution in [0.5, 0.6) is 0 Å². The Labute approximate surface area is 108 Å². The van der Waals surface area contributed by atoms with E-state index >= 15 is 0 Å². The molecular weight excluding hydrogens is 224 g/mol. The van der Waals surface area contributed by atoms with Crippen LogP contribution in [-0.4, -0.2) is 11.1 Å². The van der Waals surface area contributed by atoms with Crippen molar-refractivity contribution in [2.24, 2.45) is 0 Å². The molecule has 0 saturated heterocycles. The first kappa shape index (κ1) is 11.8. The fourth-order valence-corrected chi connectivity index (χ4v) is 3.58. The first-order valence-corrected chi connectivity index (χ1v) is 7.11. The summed E-state index contributed by atoms with van der Waals surface area (Å²) in [5.74, 6) is -0.215. The van der Waals surface area contributed by atoms with Crippen molar-refractivity contribution >= 4 is 5.97 Å². The lowest BCUT2D eigenvalue weighted by Crippen LogP contribution is -2.08. The van der Waals surface area contributed by atoms with Crippen LogP contribution in [0.2, 0.25) is 0 Å². The highest BCUT2D eigenvalue weighted by atomic mass is 16.4.